The molecule has 0 unspecified atom stereocenters. The summed E-state index contributed by atoms with van der Waals surface area (Å²) in [5.74, 6) is 0. The fraction of sp³-hybridized carbons (Fsp3) is 0. The predicted octanol–water partition coefficient (Wildman–Crippen LogP) is -1.89. The molecule has 0 aliphatic heterocycles. The third kappa shape index (κ3) is 2.43. The molecule has 0 aliphatic rings. The van der Waals surface area contributed by atoms with Gasteiger partial charge in [0.1, 0.15) is 0 Å². The Morgan fingerprint density at radius 3 is 2.53 bits per heavy atom. The maximum absolute atomic E-state index is 11.3. The van der Waals surface area contributed by atoms with Gasteiger partial charge in [-0.15, -0.1) is 0 Å². The van der Waals surface area contributed by atoms with E-state index in [1.54, 1.807) is 0 Å². The molecule has 2 N–H and O–H groups in total. The molecule has 1 aromatic carbocycles. The molecule has 0 radical (unpaired) electrons. The van der Waals surface area contributed by atoms with E-state index in [0.717, 1.165) is 4.46 Å². The van der Waals surface area contributed by atoms with Crippen LogP contribution in [0.3, 0.4) is 0 Å². The minimum atomic E-state index is -0.576. The van der Waals surface area contributed by atoms with Gasteiger partial charge in [0.05, 0.1) is 0 Å². The number of nitrogens with one attached hydrogen (secondary N) is 2. The molecule has 0 aliphatic carbocycles. The number of hydrogen-bond donors (Lipinski definition) is 2. The topological polar surface area (TPSA) is 78.6 Å². The van der Waals surface area contributed by atoms with Gasteiger partial charge in [-0.1, -0.05) is 0 Å². The molecule has 0 atom stereocenters. The van der Waals surface area contributed by atoms with E-state index in [1.807, 2.05) is 30.3 Å². The van der Waals surface area contributed by atoms with Crippen molar-refractivity contribution < 1.29 is 0 Å². The zero-order chi connectivity index (χ0) is 10.7. The molecule has 2 rings (SSSR count). The molecule has 0 amide bonds. The van der Waals surface area contributed by atoms with Crippen molar-refractivity contribution in [2.45, 2.75) is 0 Å². The molecule has 2 aromatic rings. The minimum absolute atomic E-state index is 0.182. The molecule has 15 heavy (non-hydrogen) atoms. The fourth-order valence-corrected chi connectivity index (χ4v) is 2.58. The van der Waals surface area contributed by atoms with Crippen molar-refractivity contribution in [1.82, 2.24) is 15.2 Å². The second-order valence-corrected chi connectivity index (χ2v) is 4.96. The van der Waals surface area contributed by atoms with Gasteiger partial charge in [-0.05, 0) is 0 Å². The number of aromatic amines is 2. The summed E-state index contributed by atoms with van der Waals surface area (Å²) in [5.41, 5.74) is -0.991. The van der Waals surface area contributed by atoms with Crippen molar-refractivity contribution in [2.24, 2.45) is 0 Å². The Bertz CT molecular complexity index is 561. The first-order valence-electron chi connectivity index (χ1n) is 4.17. The monoisotopic (exact) mass is 269 g/mol. The van der Waals surface area contributed by atoms with Gasteiger partial charge in [0.25, 0.3) is 0 Å². The quantitative estimate of drug-likeness (QED) is 0.625. The molecular formula is C9H7N3O2Se. The average molecular weight is 268 g/mol. The zero-order valence-electron chi connectivity index (χ0n) is 7.56. The number of rotatable bonds is 2. The fourth-order valence-electron chi connectivity index (χ4n) is 1.01. The SMILES string of the molecule is O=c1[nH]nc([Se]c2ccccc2)c(=O)[nH]1. The van der Waals surface area contributed by atoms with Crippen LogP contribution in [0.4, 0.5) is 0 Å². The van der Waals surface area contributed by atoms with Crippen LogP contribution in [0.25, 0.3) is 0 Å². The van der Waals surface area contributed by atoms with E-state index in [9.17, 15) is 9.59 Å². The summed E-state index contributed by atoms with van der Waals surface area (Å²) in [5, 5.41) is 5.94. The van der Waals surface area contributed by atoms with E-state index in [1.165, 1.54) is 0 Å². The molecule has 0 bridgehead atoms. The second-order valence-electron chi connectivity index (χ2n) is 2.73. The van der Waals surface area contributed by atoms with Crippen LogP contribution >= 0.6 is 0 Å². The second kappa shape index (κ2) is 4.25. The van der Waals surface area contributed by atoms with Crippen molar-refractivity contribution in [2.75, 3.05) is 0 Å². The van der Waals surface area contributed by atoms with Crippen molar-refractivity contribution in [1.29, 1.82) is 0 Å². The van der Waals surface area contributed by atoms with E-state index in [0.29, 0.717) is 4.59 Å². The predicted molar refractivity (Wildman–Crippen MR) is 56.9 cm³/mol. The standard InChI is InChI=1S/C9H7N3O2Se/c13-7-8(11-12-9(14)10-7)15-6-4-2-1-3-5-6/h1-5H,(H2,10,12,13,14). The van der Waals surface area contributed by atoms with E-state index in [4.69, 9.17) is 0 Å². The van der Waals surface area contributed by atoms with E-state index in [2.05, 4.69) is 15.2 Å². The van der Waals surface area contributed by atoms with E-state index in [-0.39, 0.29) is 15.0 Å². The number of aromatic nitrogens is 3. The van der Waals surface area contributed by atoms with Gasteiger partial charge in [-0.2, -0.15) is 0 Å². The third-order valence-electron chi connectivity index (χ3n) is 1.64. The Balaban J connectivity index is 2.33. The number of nitrogens with zero attached hydrogens (tertiary/aromatic N) is 1. The summed E-state index contributed by atoms with van der Waals surface area (Å²) >= 11 is -0.182. The van der Waals surface area contributed by atoms with E-state index < -0.39 is 11.2 Å². The van der Waals surface area contributed by atoms with Crippen LogP contribution in [-0.4, -0.2) is 30.1 Å². The van der Waals surface area contributed by atoms with Gasteiger partial charge in [-0.25, -0.2) is 0 Å². The van der Waals surface area contributed by atoms with Crippen molar-refractivity contribution in [3.8, 4) is 0 Å². The normalized spacial score (nSPS) is 10.1. The molecule has 6 heteroatoms. The Morgan fingerprint density at radius 1 is 1.13 bits per heavy atom. The zero-order valence-corrected chi connectivity index (χ0v) is 9.27. The first-order valence-corrected chi connectivity index (χ1v) is 5.89. The summed E-state index contributed by atoms with van der Waals surface area (Å²) in [7, 11) is 0. The van der Waals surface area contributed by atoms with E-state index >= 15 is 0 Å². The number of hydrogen-bond acceptors (Lipinski definition) is 3. The van der Waals surface area contributed by atoms with Crippen LogP contribution < -0.4 is 20.3 Å². The molecule has 0 spiro atoms. The van der Waals surface area contributed by atoms with Crippen molar-refractivity contribution >= 4 is 24.0 Å². The summed E-state index contributed by atoms with van der Waals surface area (Å²) in [6.45, 7) is 0. The molecule has 5 nitrogen and oxygen atoms in total. The van der Waals surface area contributed by atoms with Gasteiger partial charge < -0.3 is 0 Å². The summed E-state index contributed by atoms with van der Waals surface area (Å²) in [6, 6.07) is 9.55. The van der Waals surface area contributed by atoms with Gasteiger partial charge >= 0.3 is 90.4 Å². The molecule has 1 heterocycles. The van der Waals surface area contributed by atoms with Crippen LogP contribution in [0, 0.1) is 0 Å². The van der Waals surface area contributed by atoms with Crippen LogP contribution in [0.15, 0.2) is 39.9 Å². The molecule has 1 aromatic heterocycles. The maximum atomic E-state index is 11.3. The van der Waals surface area contributed by atoms with Crippen molar-refractivity contribution in [3.63, 3.8) is 0 Å². The van der Waals surface area contributed by atoms with Crippen LogP contribution in [-0.2, 0) is 0 Å². The molecule has 76 valence electrons. The Kier molecular flexibility index (Phi) is 2.80. The first kappa shape index (κ1) is 9.89. The van der Waals surface area contributed by atoms with Crippen LogP contribution in [0.1, 0.15) is 0 Å². The summed E-state index contributed by atoms with van der Waals surface area (Å²) < 4.78 is 1.41. The number of benzene rings is 1. The van der Waals surface area contributed by atoms with Crippen LogP contribution in [0.5, 0.6) is 0 Å². The summed E-state index contributed by atoms with van der Waals surface area (Å²) in [4.78, 5) is 24.2. The van der Waals surface area contributed by atoms with Crippen LogP contribution in [0.2, 0.25) is 0 Å². The Labute approximate surface area is 90.7 Å². The van der Waals surface area contributed by atoms with Gasteiger partial charge in [0, 0.05) is 0 Å². The molecule has 0 saturated carbocycles. The average Bonchev–Trinajstić information content (AvgIpc) is 2.24. The van der Waals surface area contributed by atoms with Gasteiger partial charge in [0.15, 0.2) is 0 Å². The Hall–Kier alpha value is -1.65. The first-order chi connectivity index (χ1) is 7.25. The van der Waals surface area contributed by atoms with Gasteiger partial charge in [-0.3, -0.25) is 0 Å². The molecule has 0 fully saturated rings. The van der Waals surface area contributed by atoms with Crippen molar-refractivity contribution in [3.05, 3.63) is 51.2 Å². The third-order valence-corrected chi connectivity index (χ3v) is 3.69. The van der Waals surface area contributed by atoms with Gasteiger partial charge in [0.2, 0.25) is 0 Å². The molecular weight excluding hydrogens is 261 g/mol. The number of H-pyrrole nitrogens is 2. The summed E-state index contributed by atoms with van der Waals surface area (Å²) in [6.07, 6.45) is 0. The Morgan fingerprint density at radius 2 is 1.87 bits per heavy atom. The molecule has 0 saturated heterocycles.